The second-order valence-corrected chi connectivity index (χ2v) is 6.85. The lowest BCUT2D eigenvalue weighted by Crippen LogP contribution is -2.44. The molecule has 0 saturated carbocycles. The largest absolute Gasteiger partial charge is 0.340 e. The zero-order chi connectivity index (χ0) is 17.8. The number of benzene rings is 1. The summed E-state index contributed by atoms with van der Waals surface area (Å²) in [5, 5.41) is 12.6. The van der Waals surface area contributed by atoms with Crippen molar-refractivity contribution < 1.29 is 4.79 Å². The number of rotatable bonds is 6. The summed E-state index contributed by atoms with van der Waals surface area (Å²) in [5.41, 5.74) is 1.85. The molecule has 7 heteroatoms. The molecule has 0 bridgehead atoms. The van der Waals surface area contributed by atoms with Crippen LogP contribution >= 0.6 is 0 Å². The first-order chi connectivity index (χ1) is 12.8. The van der Waals surface area contributed by atoms with E-state index in [1.807, 2.05) is 45.9 Å². The van der Waals surface area contributed by atoms with Gasteiger partial charge in [-0.25, -0.2) is 4.68 Å². The van der Waals surface area contributed by atoms with Crippen LogP contribution in [0.15, 0.2) is 42.7 Å². The molecule has 7 nitrogen and oxygen atoms in total. The van der Waals surface area contributed by atoms with E-state index < -0.39 is 0 Å². The highest BCUT2D eigenvalue weighted by atomic mass is 16.2. The fourth-order valence-electron chi connectivity index (χ4n) is 3.77. The van der Waals surface area contributed by atoms with Crippen molar-refractivity contribution in [2.75, 3.05) is 6.54 Å². The van der Waals surface area contributed by atoms with Crippen LogP contribution in [-0.2, 0) is 17.9 Å². The minimum atomic E-state index is 0.217. The number of aromatic nitrogens is 5. The van der Waals surface area contributed by atoms with Crippen molar-refractivity contribution >= 4 is 16.9 Å². The Hall–Kier alpha value is -2.70. The average Bonchev–Trinajstić information content (AvgIpc) is 3.34. The van der Waals surface area contributed by atoms with E-state index in [0.29, 0.717) is 19.0 Å². The molecule has 3 aromatic rings. The molecule has 1 fully saturated rings. The molecule has 0 aliphatic carbocycles. The van der Waals surface area contributed by atoms with Gasteiger partial charge in [-0.05, 0) is 43.9 Å². The Bertz CT molecular complexity index is 856. The van der Waals surface area contributed by atoms with E-state index in [4.69, 9.17) is 0 Å². The number of hydrogen-bond donors (Lipinski definition) is 0. The number of piperidine rings is 1. The molecule has 0 spiro atoms. The summed E-state index contributed by atoms with van der Waals surface area (Å²) in [6.45, 7) is 2.29. The van der Waals surface area contributed by atoms with Crippen LogP contribution < -0.4 is 0 Å². The Morgan fingerprint density at radius 3 is 2.96 bits per heavy atom. The molecule has 26 heavy (non-hydrogen) atoms. The van der Waals surface area contributed by atoms with E-state index in [9.17, 15) is 4.79 Å². The van der Waals surface area contributed by atoms with Crippen molar-refractivity contribution in [3.05, 3.63) is 42.7 Å². The lowest BCUT2D eigenvalue weighted by atomic mass is 9.99. The van der Waals surface area contributed by atoms with Gasteiger partial charge in [0, 0.05) is 37.9 Å². The Morgan fingerprint density at radius 1 is 1.15 bits per heavy atom. The molecule has 3 heterocycles. The number of likely N-dealkylation sites (tertiary alicyclic amines) is 1. The summed E-state index contributed by atoms with van der Waals surface area (Å²) in [5.74, 6) is 0.217. The first-order valence-electron chi connectivity index (χ1n) is 9.36. The molecule has 1 unspecified atom stereocenters. The van der Waals surface area contributed by atoms with Crippen LogP contribution in [0.4, 0.5) is 0 Å². The monoisotopic (exact) mass is 352 g/mol. The highest BCUT2D eigenvalue weighted by molar-refractivity contribution is 5.77. The molecular formula is C19H24N6O. The average molecular weight is 352 g/mol. The van der Waals surface area contributed by atoms with Crippen molar-refractivity contribution in [1.82, 2.24) is 29.7 Å². The molecule has 1 saturated heterocycles. The summed E-state index contributed by atoms with van der Waals surface area (Å²) < 4.78 is 3.77. The van der Waals surface area contributed by atoms with Crippen LogP contribution in [0.2, 0.25) is 0 Å². The molecule has 4 rings (SSSR count). The van der Waals surface area contributed by atoms with E-state index in [1.165, 1.54) is 6.42 Å². The molecule has 1 atom stereocenters. The van der Waals surface area contributed by atoms with Crippen LogP contribution in [0.1, 0.15) is 32.1 Å². The molecule has 1 aliphatic rings. The molecule has 1 amide bonds. The highest BCUT2D eigenvalue weighted by Crippen LogP contribution is 2.21. The Morgan fingerprint density at radius 2 is 2.08 bits per heavy atom. The van der Waals surface area contributed by atoms with Crippen LogP contribution in [0, 0.1) is 0 Å². The topological polar surface area (TPSA) is 68.8 Å². The maximum absolute atomic E-state index is 12.8. The van der Waals surface area contributed by atoms with Crippen LogP contribution in [0.25, 0.3) is 11.0 Å². The SMILES string of the molecule is O=C(CCn1nnc2ccccc21)N1CCCCC1CCn1cccn1. The van der Waals surface area contributed by atoms with E-state index in [2.05, 4.69) is 20.3 Å². The predicted octanol–water partition coefficient (Wildman–Crippen LogP) is 2.49. The number of para-hydroxylation sites is 1. The summed E-state index contributed by atoms with van der Waals surface area (Å²) in [6, 6.07) is 10.1. The number of carbonyl (C=O) groups is 1. The summed E-state index contributed by atoms with van der Waals surface area (Å²) in [4.78, 5) is 14.9. The fourth-order valence-corrected chi connectivity index (χ4v) is 3.77. The third-order valence-electron chi connectivity index (χ3n) is 5.16. The Kier molecular flexibility index (Phi) is 4.95. The number of aryl methyl sites for hydroxylation is 2. The van der Waals surface area contributed by atoms with Crippen LogP contribution in [0.3, 0.4) is 0 Å². The molecule has 1 aromatic carbocycles. The molecule has 136 valence electrons. The van der Waals surface area contributed by atoms with Gasteiger partial charge < -0.3 is 4.90 Å². The molecule has 0 radical (unpaired) electrons. The number of carbonyl (C=O) groups excluding carboxylic acids is 1. The first-order valence-corrected chi connectivity index (χ1v) is 9.36. The third-order valence-corrected chi connectivity index (χ3v) is 5.16. The number of amides is 1. The minimum absolute atomic E-state index is 0.217. The van der Waals surface area contributed by atoms with Gasteiger partial charge in [-0.15, -0.1) is 5.10 Å². The van der Waals surface area contributed by atoms with Crippen LogP contribution in [0.5, 0.6) is 0 Å². The van der Waals surface area contributed by atoms with Gasteiger partial charge in [0.1, 0.15) is 5.52 Å². The predicted molar refractivity (Wildman–Crippen MR) is 98.3 cm³/mol. The molecule has 1 aliphatic heterocycles. The lowest BCUT2D eigenvalue weighted by molar-refractivity contribution is -0.135. The van der Waals surface area contributed by atoms with Gasteiger partial charge >= 0.3 is 0 Å². The van der Waals surface area contributed by atoms with Crippen molar-refractivity contribution in [2.45, 2.75) is 51.2 Å². The van der Waals surface area contributed by atoms with Gasteiger partial charge in [-0.3, -0.25) is 9.48 Å². The molecule has 2 aromatic heterocycles. The highest BCUT2D eigenvalue weighted by Gasteiger charge is 2.26. The smallest absolute Gasteiger partial charge is 0.224 e. The zero-order valence-corrected chi connectivity index (χ0v) is 14.9. The lowest BCUT2D eigenvalue weighted by Gasteiger charge is -2.36. The number of hydrogen-bond acceptors (Lipinski definition) is 4. The summed E-state index contributed by atoms with van der Waals surface area (Å²) in [6.07, 6.45) is 8.57. The van der Waals surface area contributed by atoms with Gasteiger partial charge in [0.15, 0.2) is 0 Å². The normalized spacial score (nSPS) is 17.7. The van der Waals surface area contributed by atoms with Gasteiger partial charge in [0.05, 0.1) is 12.1 Å². The van der Waals surface area contributed by atoms with Crippen molar-refractivity contribution in [3.8, 4) is 0 Å². The van der Waals surface area contributed by atoms with Gasteiger partial charge in [0.25, 0.3) is 0 Å². The van der Waals surface area contributed by atoms with E-state index in [-0.39, 0.29) is 5.91 Å². The second-order valence-electron chi connectivity index (χ2n) is 6.85. The van der Waals surface area contributed by atoms with Crippen molar-refractivity contribution in [2.24, 2.45) is 0 Å². The summed E-state index contributed by atoms with van der Waals surface area (Å²) in [7, 11) is 0. The second kappa shape index (κ2) is 7.68. The quantitative estimate of drug-likeness (QED) is 0.683. The zero-order valence-electron chi connectivity index (χ0n) is 14.9. The van der Waals surface area contributed by atoms with Gasteiger partial charge in [-0.1, -0.05) is 17.3 Å². The molecule has 0 N–H and O–H groups in total. The van der Waals surface area contributed by atoms with Crippen molar-refractivity contribution in [1.29, 1.82) is 0 Å². The number of fused-ring (bicyclic) bond motifs is 1. The fraction of sp³-hybridized carbons (Fsp3) is 0.474. The summed E-state index contributed by atoms with van der Waals surface area (Å²) >= 11 is 0. The first kappa shape index (κ1) is 16.8. The number of nitrogens with zero attached hydrogens (tertiary/aromatic N) is 6. The Labute approximate surface area is 152 Å². The Balaban J connectivity index is 1.37. The van der Waals surface area contributed by atoms with Crippen LogP contribution in [-0.4, -0.2) is 48.2 Å². The van der Waals surface area contributed by atoms with Crippen molar-refractivity contribution in [3.63, 3.8) is 0 Å². The van der Waals surface area contributed by atoms with Gasteiger partial charge in [-0.2, -0.15) is 5.10 Å². The van der Waals surface area contributed by atoms with Gasteiger partial charge in [0.2, 0.25) is 5.91 Å². The minimum Gasteiger partial charge on any atom is -0.340 e. The van der Waals surface area contributed by atoms with E-state index in [1.54, 1.807) is 6.20 Å². The van der Waals surface area contributed by atoms with E-state index >= 15 is 0 Å². The standard InChI is InChI=1S/C19H24N6O/c26-19(10-15-25-18-8-2-1-7-17(18)21-22-25)24-13-4-3-6-16(24)9-14-23-12-5-11-20-23/h1-2,5,7-8,11-12,16H,3-4,6,9-10,13-15H2. The third kappa shape index (κ3) is 3.61. The van der Waals surface area contributed by atoms with E-state index in [0.717, 1.165) is 43.4 Å². The maximum atomic E-state index is 12.8. The molecular weight excluding hydrogens is 328 g/mol. The maximum Gasteiger partial charge on any atom is 0.224 e.